The topological polar surface area (TPSA) is 17.1 Å². The molecule has 118 valence electrons. The summed E-state index contributed by atoms with van der Waals surface area (Å²) >= 11 is 0. The van der Waals surface area contributed by atoms with Gasteiger partial charge in [-0.2, -0.15) is 0 Å². The number of benzene rings is 3. The second-order valence-corrected chi connectivity index (χ2v) is 6.05. The Balaban J connectivity index is 1.72. The first-order chi connectivity index (χ1) is 11.6. The minimum Gasteiger partial charge on any atom is -0.289 e. The van der Waals surface area contributed by atoms with Gasteiger partial charge in [-0.1, -0.05) is 90.0 Å². The summed E-state index contributed by atoms with van der Waals surface area (Å²) in [5, 5.41) is 0. The molecule has 0 saturated carbocycles. The van der Waals surface area contributed by atoms with Gasteiger partial charge in [0.1, 0.15) is 0 Å². The highest BCUT2D eigenvalue weighted by molar-refractivity contribution is 6.06. The molecule has 0 aromatic heterocycles. The third kappa shape index (κ3) is 3.88. The van der Waals surface area contributed by atoms with Gasteiger partial charge in [0.15, 0.2) is 5.78 Å². The van der Waals surface area contributed by atoms with Crippen molar-refractivity contribution < 1.29 is 4.79 Å². The Morgan fingerprint density at radius 1 is 0.667 bits per heavy atom. The van der Waals surface area contributed by atoms with E-state index < -0.39 is 0 Å². The summed E-state index contributed by atoms with van der Waals surface area (Å²) in [5.41, 5.74) is 6.53. The van der Waals surface area contributed by atoms with Crippen LogP contribution in [0.15, 0.2) is 78.9 Å². The molecule has 0 bridgehead atoms. The smallest absolute Gasteiger partial charge is 0.185 e. The lowest BCUT2D eigenvalue weighted by Gasteiger charge is -2.03. The highest BCUT2D eigenvalue weighted by Crippen LogP contribution is 2.20. The summed E-state index contributed by atoms with van der Waals surface area (Å²) in [6.45, 7) is 4.10. The lowest BCUT2D eigenvalue weighted by atomic mass is 10.0. The molecule has 0 N–H and O–H groups in total. The van der Waals surface area contributed by atoms with E-state index in [1.54, 1.807) is 6.08 Å². The summed E-state index contributed by atoms with van der Waals surface area (Å²) < 4.78 is 0. The number of allylic oxidation sites excluding steroid dienone is 1. The van der Waals surface area contributed by atoms with Gasteiger partial charge in [-0.05, 0) is 36.6 Å². The molecule has 0 heterocycles. The lowest BCUT2D eigenvalue weighted by molar-refractivity contribution is 0.104. The molecule has 3 aromatic carbocycles. The molecule has 0 spiro atoms. The highest BCUT2D eigenvalue weighted by atomic mass is 16.1. The third-order valence-electron chi connectivity index (χ3n) is 4.06. The average Bonchev–Trinajstić information content (AvgIpc) is 2.61. The zero-order valence-electron chi connectivity index (χ0n) is 14.0. The molecule has 0 aliphatic rings. The first-order valence-electron chi connectivity index (χ1n) is 8.08. The fourth-order valence-corrected chi connectivity index (χ4v) is 2.52. The Morgan fingerprint density at radius 2 is 1.12 bits per heavy atom. The molecule has 0 atom stereocenters. The Labute approximate surface area is 143 Å². The van der Waals surface area contributed by atoms with Crippen LogP contribution in [-0.4, -0.2) is 5.78 Å². The molecule has 3 aromatic rings. The fraction of sp³-hybridized carbons (Fsp3) is 0.0870. The lowest BCUT2D eigenvalue weighted by Crippen LogP contribution is -1.93. The van der Waals surface area contributed by atoms with Crippen LogP contribution in [0, 0.1) is 13.8 Å². The monoisotopic (exact) mass is 312 g/mol. The van der Waals surface area contributed by atoms with Gasteiger partial charge in [-0.15, -0.1) is 0 Å². The maximum atomic E-state index is 12.2. The van der Waals surface area contributed by atoms with Crippen LogP contribution in [0.5, 0.6) is 0 Å². The van der Waals surface area contributed by atoms with Gasteiger partial charge in [-0.25, -0.2) is 0 Å². The fourth-order valence-electron chi connectivity index (χ4n) is 2.52. The molecule has 3 rings (SSSR count). The van der Waals surface area contributed by atoms with Crippen molar-refractivity contribution in [3.05, 3.63) is 101 Å². The minimum absolute atomic E-state index is 0.0256. The van der Waals surface area contributed by atoms with Crippen molar-refractivity contribution in [3.63, 3.8) is 0 Å². The summed E-state index contributed by atoms with van der Waals surface area (Å²) in [7, 11) is 0. The normalized spacial score (nSPS) is 10.9. The van der Waals surface area contributed by atoms with E-state index in [4.69, 9.17) is 0 Å². The molecule has 0 aliphatic carbocycles. The van der Waals surface area contributed by atoms with Gasteiger partial charge in [-0.3, -0.25) is 4.79 Å². The third-order valence-corrected chi connectivity index (χ3v) is 4.06. The highest BCUT2D eigenvalue weighted by Gasteiger charge is 2.01. The zero-order valence-corrected chi connectivity index (χ0v) is 14.0. The maximum Gasteiger partial charge on any atom is 0.185 e. The average molecular weight is 312 g/mol. The number of ketones is 1. The number of carbonyl (C=O) groups is 1. The van der Waals surface area contributed by atoms with E-state index in [1.807, 2.05) is 49.4 Å². The molecule has 0 saturated heterocycles. The Kier molecular flexibility index (Phi) is 4.72. The SMILES string of the molecule is Cc1ccc(C(=O)/C=C/c2ccc(-c3ccc(C)cc3)cc2)cc1. The van der Waals surface area contributed by atoms with Gasteiger partial charge in [0.2, 0.25) is 0 Å². The van der Waals surface area contributed by atoms with E-state index in [9.17, 15) is 4.79 Å². The molecular formula is C23H20O. The van der Waals surface area contributed by atoms with E-state index in [-0.39, 0.29) is 5.78 Å². The van der Waals surface area contributed by atoms with Crippen LogP contribution in [0.25, 0.3) is 17.2 Å². The van der Waals surface area contributed by atoms with Crippen molar-refractivity contribution in [2.75, 3.05) is 0 Å². The molecule has 0 amide bonds. The van der Waals surface area contributed by atoms with Crippen molar-refractivity contribution in [2.45, 2.75) is 13.8 Å². The van der Waals surface area contributed by atoms with E-state index >= 15 is 0 Å². The molecule has 1 nitrogen and oxygen atoms in total. The first kappa shape index (κ1) is 15.9. The number of aryl methyl sites for hydroxylation is 2. The second kappa shape index (κ2) is 7.10. The van der Waals surface area contributed by atoms with Crippen LogP contribution in [-0.2, 0) is 0 Å². The van der Waals surface area contributed by atoms with Gasteiger partial charge in [0.25, 0.3) is 0 Å². The summed E-state index contributed by atoms with van der Waals surface area (Å²) in [4.78, 5) is 12.2. The number of hydrogen-bond acceptors (Lipinski definition) is 1. The van der Waals surface area contributed by atoms with Crippen molar-refractivity contribution in [1.82, 2.24) is 0 Å². The van der Waals surface area contributed by atoms with Crippen LogP contribution in [0.1, 0.15) is 27.0 Å². The Hall–Kier alpha value is -2.93. The minimum atomic E-state index is 0.0256. The van der Waals surface area contributed by atoms with Crippen LogP contribution in [0.4, 0.5) is 0 Å². The van der Waals surface area contributed by atoms with E-state index in [0.717, 1.165) is 11.1 Å². The van der Waals surface area contributed by atoms with Gasteiger partial charge < -0.3 is 0 Å². The molecule has 0 aliphatic heterocycles. The van der Waals surface area contributed by atoms with Crippen LogP contribution < -0.4 is 0 Å². The maximum absolute atomic E-state index is 12.2. The quantitative estimate of drug-likeness (QED) is 0.435. The molecule has 0 unspecified atom stereocenters. The predicted octanol–water partition coefficient (Wildman–Crippen LogP) is 5.87. The van der Waals surface area contributed by atoms with Crippen LogP contribution in [0.3, 0.4) is 0 Å². The van der Waals surface area contributed by atoms with Crippen molar-refractivity contribution in [2.24, 2.45) is 0 Å². The number of carbonyl (C=O) groups excluding carboxylic acids is 1. The predicted molar refractivity (Wildman–Crippen MR) is 101 cm³/mol. The second-order valence-electron chi connectivity index (χ2n) is 6.05. The van der Waals surface area contributed by atoms with E-state index in [2.05, 4.69) is 43.3 Å². The molecule has 0 radical (unpaired) electrons. The summed E-state index contributed by atoms with van der Waals surface area (Å²) in [6, 6.07) is 24.4. The standard InChI is InChI=1S/C23H20O/c1-17-3-10-20(11-4-17)21-14-7-19(8-15-21)9-16-23(24)22-12-5-18(2)6-13-22/h3-16H,1-2H3/b16-9+. The van der Waals surface area contributed by atoms with Crippen molar-refractivity contribution in [3.8, 4) is 11.1 Å². The molecule has 1 heteroatoms. The van der Waals surface area contributed by atoms with Crippen molar-refractivity contribution in [1.29, 1.82) is 0 Å². The van der Waals surface area contributed by atoms with Crippen LogP contribution >= 0.6 is 0 Å². The Bertz CT molecular complexity index is 851. The van der Waals surface area contributed by atoms with Gasteiger partial charge >= 0.3 is 0 Å². The molecule has 0 fully saturated rings. The summed E-state index contributed by atoms with van der Waals surface area (Å²) in [5.74, 6) is 0.0256. The molecular weight excluding hydrogens is 292 g/mol. The zero-order chi connectivity index (χ0) is 16.9. The largest absolute Gasteiger partial charge is 0.289 e. The van der Waals surface area contributed by atoms with E-state index in [0.29, 0.717) is 5.56 Å². The summed E-state index contributed by atoms with van der Waals surface area (Å²) in [6.07, 6.45) is 3.49. The van der Waals surface area contributed by atoms with Crippen LogP contribution in [0.2, 0.25) is 0 Å². The number of rotatable bonds is 4. The first-order valence-corrected chi connectivity index (χ1v) is 8.08. The van der Waals surface area contributed by atoms with Crippen molar-refractivity contribution >= 4 is 11.9 Å². The number of hydrogen-bond donors (Lipinski definition) is 0. The Morgan fingerprint density at radius 3 is 1.67 bits per heavy atom. The van der Waals surface area contributed by atoms with E-state index in [1.165, 1.54) is 16.7 Å². The van der Waals surface area contributed by atoms with Gasteiger partial charge in [0, 0.05) is 5.56 Å². The van der Waals surface area contributed by atoms with Gasteiger partial charge in [0.05, 0.1) is 0 Å². The molecule has 24 heavy (non-hydrogen) atoms.